The Bertz CT molecular complexity index is 346. The summed E-state index contributed by atoms with van der Waals surface area (Å²) in [6.07, 6.45) is 2.27. The second-order valence-corrected chi connectivity index (χ2v) is 5.98. The molecule has 1 saturated carbocycles. The van der Waals surface area contributed by atoms with Gasteiger partial charge in [-0.25, -0.2) is 0 Å². The molecule has 3 rings (SSSR count). The first-order valence-electron chi connectivity index (χ1n) is 6.46. The fourth-order valence-electron chi connectivity index (χ4n) is 4.37. The van der Waals surface area contributed by atoms with E-state index in [-0.39, 0.29) is 5.72 Å². The predicted octanol–water partition coefficient (Wildman–Crippen LogP) is 2.02. The van der Waals surface area contributed by atoms with Crippen molar-refractivity contribution in [3.05, 3.63) is 0 Å². The topological polar surface area (TPSA) is 29.5 Å². The molecule has 0 spiro atoms. The molecule has 1 aliphatic carbocycles. The maximum Gasteiger partial charge on any atom is 0.229 e. The summed E-state index contributed by atoms with van der Waals surface area (Å²) in [4.78, 5) is 14.4. The maximum absolute atomic E-state index is 12.4. The zero-order valence-corrected chi connectivity index (χ0v) is 10.6. The number of nitrogens with zero attached hydrogens (tertiary/aromatic N) is 1. The van der Waals surface area contributed by atoms with Crippen molar-refractivity contribution in [2.24, 2.45) is 17.3 Å². The lowest BCUT2D eigenvalue weighted by Crippen LogP contribution is -2.47. The van der Waals surface area contributed by atoms with E-state index >= 15 is 0 Å². The van der Waals surface area contributed by atoms with Crippen LogP contribution in [0.3, 0.4) is 0 Å². The van der Waals surface area contributed by atoms with E-state index in [1.807, 2.05) is 18.7 Å². The Kier molecular flexibility index (Phi) is 1.86. The average molecular weight is 223 g/mol. The predicted molar refractivity (Wildman–Crippen MR) is 60.7 cm³/mol. The van der Waals surface area contributed by atoms with Crippen molar-refractivity contribution >= 4 is 5.91 Å². The molecule has 0 bridgehead atoms. The Balaban J connectivity index is 1.93. The van der Waals surface area contributed by atoms with E-state index in [4.69, 9.17) is 4.74 Å². The first kappa shape index (κ1) is 10.6. The van der Waals surface area contributed by atoms with Crippen molar-refractivity contribution in [3.8, 4) is 0 Å². The van der Waals surface area contributed by atoms with Crippen molar-refractivity contribution in [3.63, 3.8) is 0 Å². The van der Waals surface area contributed by atoms with Crippen molar-refractivity contribution in [1.29, 1.82) is 0 Å². The van der Waals surface area contributed by atoms with Crippen molar-refractivity contribution in [2.75, 3.05) is 6.61 Å². The van der Waals surface area contributed by atoms with Crippen LogP contribution in [0.25, 0.3) is 0 Å². The number of amides is 1. The van der Waals surface area contributed by atoms with E-state index in [1.165, 1.54) is 0 Å². The SMILES string of the molecule is CCC1(CC)[C@@H]2[C@H]3COC(C)(C)N3C(=O)[C@@H]21. The quantitative estimate of drug-likeness (QED) is 0.716. The first-order chi connectivity index (χ1) is 7.49. The Morgan fingerprint density at radius 1 is 1.38 bits per heavy atom. The Morgan fingerprint density at radius 3 is 2.56 bits per heavy atom. The summed E-state index contributed by atoms with van der Waals surface area (Å²) < 4.78 is 5.76. The molecular weight excluding hydrogens is 202 g/mol. The first-order valence-corrected chi connectivity index (χ1v) is 6.46. The second kappa shape index (κ2) is 2.81. The van der Waals surface area contributed by atoms with E-state index in [1.54, 1.807) is 0 Å². The summed E-state index contributed by atoms with van der Waals surface area (Å²) in [6.45, 7) is 9.20. The second-order valence-electron chi connectivity index (χ2n) is 5.98. The molecule has 0 radical (unpaired) electrons. The van der Waals surface area contributed by atoms with E-state index in [0.29, 0.717) is 29.2 Å². The third-order valence-corrected chi connectivity index (χ3v) is 5.29. The van der Waals surface area contributed by atoms with E-state index in [9.17, 15) is 4.79 Å². The lowest BCUT2D eigenvalue weighted by atomic mass is 9.90. The normalized spacial score (nSPS) is 42.1. The van der Waals surface area contributed by atoms with Gasteiger partial charge < -0.3 is 9.64 Å². The molecule has 90 valence electrons. The number of hydrogen-bond donors (Lipinski definition) is 0. The number of hydrogen-bond acceptors (Lipinski definition) is 2. The van der Waals surface area contributed by atoms with Crippen LogP contribution in [0.1, 0.15) is 40.5 Å². The summed E-state index contributed by atoms with van der Waals surface area (Å²) in [5.41, 5.74) is -0.0651. The molecule has 16 heavy (non-hydrogen) atoms. The number of piperidine rings is 1. The average Bonchev–Trinajstić information content (AvgIpc) is 2.67. The summed E-state index contributed by atoms with van der Waals surface area (Å²) in [7, 11) is 0. The Hall–Kier alpha value is -0.570. The van der Waals surface area contributed by atoms with Crippen molar-refractivity contribution in [2.45, 2.75) is 52.3 Å². The van der Waals surface area contributed by atoms with Crippen LogP contribution in [0.4, 0.5) is 0 Å². The van der Waals surface area contributed by atoms with Crippen LogP contribution in [-0.2, 0) is 9.53 Å². The van der Waals surface area contributed by atoms with Gasteiger partial charge in [0.25, 0.3) is 0 Å². The summed E-state index contributed by atoms with van der Waals surface area (Å²) in [5.74, 6) is 1.22. The minimum absolute atomic E-state index is 0.302. The van der Waals surface area contributed by atoms with Crippen LogP contribution in [0, 0.1) is 17.3 Å². The van der Waals surface area contributed by atoms with Crippen LogP contribution < -0.4 is 0 Å². The zero-order valence-electron chi connectivity index (χ0n) is 10.6. The molecule has 3 atom stereocenters. The molecule has 3 fully saturated rings. The van der Waals surface area contributed by atoms with Gasteiger partial charge in [-0.2, -0.15) is 0 Å². The molecule has 3 heteroatoms. The molecule has 2 saturated heterocycles. The van der Waals surface area contributed by atoms with Crippen LogP contribution in [-0.4, -0.2) is 29.2 Å². The molecule has 0 aromatic carbocycles. The fraction of sp³-hybridized carbons (Fsp3) is 0.923. The van der Waals surface area contributed by atoms with Gasteiger partial charge in [-0.15, -0.1) is 0 Å². The van der Waals surface area contributed by atoms with Crippen LogP contribution >= 0.6 is 0 Å². The summed E-state index contributed by atoms with van der Waals surface area (Å²) in [6, 6.07) is 0.354. The molecule has 0 aromatic heterocycles. The number of carbonyl (C=O) groups excluding carboxylic acids is 1. The molecule has 3 nitrogen and oxygen atoms in total. The van der Waals surface area contributed by atoms with E-state index in [2.05, 4.69) is 13.8 Å². The van der Waals surface area contributed by atoms with Gasteiger partial charge in [0, 0.05) is 11.8 Å². The lowest BCUT2D eigenvalue weighted by Gasteiger charge is -2.34. The minimum Gasteiger partial charge on any atom is -0.354 e. The van der Waals surface area contributed by atoms with Crippen molar-refractivity contribution in [1.82, 2.24) is 4.90 Å². The highest BCUT2D eigenvalue weighted by Gasteiger charge is 2.77. The highest BCUT2D eigenvalue weighted by atomic mass is 16.5. The minimum atomic E-state index is -0.373. The largest absolute Gasteiger partial charge is 0.354 e. The van der Waals surface area contributed by atoms with Gasteiger partial charge in [0.15, 0.2) is 0 Å². The molecule has 0 unspecified atom stereocenters. The van der Waals surface area contributed by atoms with Gasteiger partial charge in [0.05, 0.1) is 12.6 Å². The number of fused-ring (bicyclic) bond motifs is 3. The van der Waals surface area contributed by atoms with Gasteiger partial charge in [0.1, 0.15) is 5.72 Å². The molecule has 2 heterocycles. The third kappa shape index (κ3) is 0.922. The van der Waals surface area contributed by atoms with Gasteiger partial charge in [0.2, 0.25) is 5.91 Å². The standard InChI is InChI=1S/C13H21NO2/c1-5-13(6-2)9-8-7-16-12(3,4)14(8)11(15)10(9)13/h8-10H,5-7H2,1-4H3/t8-,9-,10-/m1/s1. The Labute approximate surface area is 97.1 Å². The number of rotatable bonds is 2. The van der Waals surface area contributed by atoms with Crippen LogP contribution in [0.15, 0.2) is 0 Å². The fourth-order valence-corrected chi connectivity index (χ4v) is 4.37. The number of carbonyl (C=O) groups is 1. The third-order valence-electron chi connectivity index (χ3n) is 5.29. The molecule has 2 aliphatic heterocycles. The highest BCUT2D eigenvalue weighted by molar-refractivity contribution is 5.88. The molecule has 0 N–H and O–H groups in total. The molecule has 0 aromatic rings. The van der Waals surface area contributed by atoms with Crippen LogP contribution in [0.2, 0.25) is 0 Å². The van der Waals surface area contributed by atoms with Gasteiger partial charge in [-0.1, -0.05) is 13.8 Å². The van der Waals surface area contributed by atoms with Gasteiger partial charge in [-0.3, -0.25) is 4.79 Å². The smallest absolute Gasteiger partial charge is 0.229 e. The lowest BCUT2D eigenvalue weighted by molar-refractivity contribution is -0.146. The highest BCUT2D eigenvalue weighted by Crippen LogP contribution is 2.71. The molecular formula is C13H21NO2. The summed E-state index contributed by atoms with van der Waals surface area (Å²) in [5, 5.41) is 0. The molecule has 1 amide bonds. The summed E-state index contributed by atoms with van der Waals surface area (Å²) >= 11 is 0. The van der Waals surface area contributed by atoms with E-state index < -0.39 is 0 Å². The van der Waals surface area contributed by atoms with Crippen molar-refractivity contribution < 1.29 is 9.53 Å². The Morgan fingerprint density at radius 2 is 2.00 bits per heavy atom. The zero-order chi connectivity index (χ0) is 11.7. The monoisotopic (exact) mass is 223 g/mol. The van der Waals surface area contributed by atoms with Gasteiger partial charge in [-0.05, 0) is 32.1 Å². The molecule has 3 aliphatic rings. The van der Waals surface area contributed by atoms with Crippen LogP contribution in [0.5, 0.6) is 0 Å². The number of ether oxygens (including phenoxy) is 1. The maximum atomic E-state index is 12.4. The van der Waals surface area contributed by atoms with E-state index in [0.717, 1.165) is 19.4 Å². The van der Waals surface area contributed by atoms with Gasteiger partial charge >= 0.3 is 0 Å².